The van der Waals surface area contributed by atoms with Crippen molar-refractivity contribution >= 4 is 5.91 Å². The van der Waals surface area contributed by atoms with Crippen LogP contribution in [0.2, 0.25) is 0 Å². The molecule has 0 aromatic heterocycles. The average molecular weight is 133 g/mol. The monoisotopic (exact) mass is 133 g/mol. The van der Waals surface area contributed by atoms with Crippen LogP contribution in [0, 0.1) is 5.21 Å². The Labute approximate surface area is 51.2 Å². The zero-order chi connectivity index (χ0) is 6.85. The summed E-state index contributed by atoms with van der Waals surface area (Å²) in [6.45, 7) is -0.606. The standard InChI is InChI=1S/C3H7N3O3/c7-2-5-3(8)1-6(9)4-5/h4,6-7H,1-2H2. The number of nitrogens with zero attached hydrogens (tertiary/aromatic N) is 1. The van der Waals surface area contributed by atoms with E-state index in [1.54, 1.807) is 0 Å². The van der Waals surface area contributed by atoms with Gasteiger partial charge in [-0.2, -0.15) is 0 Å². The highest BCUT2D eigenvalue weighted by Gasteiger charge is 2.25. The highest BCUT2D eigenvalue weighted by atomic mass is 16.6. The number of carbonyl (C=O) groups is 1. The molecule has 0 saturated carbocycles. The summed E-state index contributed by atoms with van der Waals surface area (Å²) in [5.74, 6) is -0.387. The van der Waals surface area contributed by atoms with Crippen molar-refractivity contribution in [3.63, 3.8) is 0 Å². The zero-order valence-corrected chi connectivity index (χ0v) is 4.63. The second-order valence-corrected chi connectivity index (χ2v) is 1.67. The SMILES string of the molecule is O=C1C[NH+]([O-])NN1CO. The number of aliphatic hydroxyl groups is 1. The number of aliphatic hydroxyl groups excluding tert-OH is 1. The van der Waals surface area contributed by atoms with Crippen LogP contribution in [0.5, 0.6) is 0 Å². The molecule has 52 valence electrons. The van der Waals surface area contributed by atoms with Gasteiger partial charge in [0.25, 0.3) is 5.91 Å². The maximum atomic E-state index is 10.5. The first kappa shape index (κ1) is 6.43. The Balaban J connectivity index is 2.48. The van der Waals surface area contributed by atoms with Gasteiger partial charge < -0.3 is 10.3 Å². The molecule has 6 nitrogen and oxygen atoms in total. The second-order valence-electron chi connectivity index (χ2n) is 1.67. The van der Waals surface area contributed by atoms with Crippen molar-refractivity contribution in [1.82, 2.24) is 10.5 Å². The zero-order valence-electron chi connectivity index (χ0n) is 4.63. The number of carbonyl (C=O) groups excluding carboxylic acids is 1. The molecule has 0 radical (unpaired) electrons. The highest BCUT2D eigenvalue weighted by molar-refractivity contribution is 5.77. The fraction of sp³-hybridized carbons (Fsp3) is 0.667. The molecule has 0 bridgehead atoms. The Morgan fingerprint density at radius 2 is 2.67 bits per heavy atom. The van der Waals surface area contributed by atoms with Gasteiger partial charge in [0, 0.05) is 0 Å². The molecule has 0 aromatic carbocycles. The van der Waals surface area contributed by atoms with Gasteiger partial charge in [-0.3, -0.25) is 9.97 Å². The Morgan fingerprint density at radius 1 is 2.00 bits per heavy atom. The number of amides is 1. The molecule has 1 unspecified atom stereocenters. The minimum atomic E-state index is -0.454. The lowest BCUT2D eigenvalue weighted by molar-refractivity contribution is -0.890. The molecule has 1 amide bonds. The topological polar surface area (TPSA) is 80.1 Å². The normalized spacial score (nSPS) is 27.6. The van der Waals surface area contributed by atoms with Crippen molar-refractivity contribution in [2.75, 3.05) is 13.3 Å². The number of rotatable bonds is 1. The fourth-order valence-electron chi connectivity index (χ4n) is 0.599. The van der Waals surface area contributed by atoms with Crippen molar-refractivity contribution in [3.8, 4) is 0 Å². The molecule has 0 spiro atoms. The van der Waals surface area contributed by atoms with E-state index in [1.807, 2.05) is 0 Å². The molecule has 1 aliphatic heterocycles. The van der Waals surface area contributed by atoms with E-state index in [-0.39, 0.29) is 17.6 Å². The third-order valence-electron chi connectivity index (χ3n) is 1.01. The number of hydroxylamine groups is 1. The largest absolute Gasteiger partial charge is 0.611 e. The quantitative estimate of drug-likeness (QED) is 0.325. The number of nitrogens with one attached hydrogen (secondary N) is 2. The summed E-state index contributed by atoms with van der Waals surface area (Å²) >= 11 is 0. The molecule has 9 heavy (non-hydrogen) atoms. The molecule has 1 atom stereocenters. The van der Waals surface area contributed by atoms with Crippen molar-refractivity contribution in [1.29, 1.82) is 0 Å². The fourth-order valence-corrected chi connectivity index (χ4v) is 0.599. The molecule has 1 aliphatic rings. The molecular weight excluding hydrogens is 126 g/mol. The van der Waals surface area contributed by atoms with Crippen molar-refractivity contribution in [2.45, 2.75) is 0 Å². The molecule has 1 rings (SSSR count). The maximum Gasteiger partial charge on any atom is 0.300 e. The van der Waals surface area contributed by atoms with Crippen molar-refractivity contribution < 1.29 is 15.1 Å². The number of hydrogen-bond donors (Lipinski definition) is 3. The number of hydrogen-bond acceptors (Lipinski definition) is 4. The van der Waals surface area contributed by atoms with Crippen molar-refractivity contribution in [2.24, 2.45) is 0 Å². The third kappa shape index (κ3) is 1.16. The van der Waals surface area contributed by atoms with Gasteiger partial charge in [0.15, 0.2) is 6.54 Å². The van der Waals surface area contributed by atoms with E-state index in [9.17, 15) is 10.0 Å². The highest BCUT2D eigenvalue weighted by Crippen LogP contribution is 1.80. The van der Waals surface area contributed by atoms with Gasteiger partial charge >= 0.3 is 0 Å². The lowest BCUT2D eigenvalue weighted by Gasteiger charge is -2.14. The van der Waals surface area contributed by atoms with Crippen LogP contribution in [-0.2, 0) is 4.79 Å². The summed E-state index contributed by atoms with van der Waals surface area (Å²) in [4.78, 5) is 10.5. The van der Waals surface area contributed by atoms with E-state index in [0.29, 0.717) is 0 Å². The van der Waals surface area contributed by atoms with E-state index in [4.69, 9.17) is 5.11 Å². The smallest absolute Gasteiger partial charge is 0.300 e. The first-order valence-electron chi connectivity index (χ1n) is 2.45. The molecule has 6 heteroatoms. The molecule has 0 aromatic rings. The van der Waals surface area contributed by atoms with Crippen LogP contribution in [0.3, 0.4) is 0 Å². The van der Waals surface area contributed by atoms with Crippen LogP contribution in [0.4, 0.5) is 0 Å². The minimum absolute atomic E-state index is 0.152. The predicted octanol–water partition coefficient (Wildman–Crippen LogP) is -3.42. The summed E-state index contributed by atoms with van der Waals surface area (Å²) in [6.07, 6.45) is 0. The van der Waals surface area contributed by atoms with Gasteiger partial charge in [0.05, 0.1) is 0 Å². The number of hydrazine groups is 1. The van der Waals surface area contributed by atoms with Crippen LogP contribution >= 0.6 is 0 Å². The summed E-state index contributed by atoms with van der Waals surface area (Å²) in [5.41, 5.74) is 2.15. The molecule has 3 N–H and O–H groups in total. The second kappa shape index (κ2) is 2.28. The molecule has 1 heterocycles. The maximum absolute atomic E-state index is 10.5. The molecule has 1 fully saturated rings. The van der Waals surface area contributed by atoms with Gasteiger partial charge in [-0.15, -0.1) is 0 Å². The van der Waals surface area contributed by atoms with Gasteiger partial charge in [-0.05, 0) is 0 Å². The first-order valence-corrected chi connectivity index (χ1v) is 2.45. The first-order chi connectivity index (χ1) is 4.24. The third-order valence-corrected chi connectivity index (χ3v) is 1.01. The summed E-state index contributed by atoms with van der Waals surface area (Å²) < 4.78 is 0. The van der Waals surface area contributed by atoms with E-state index in [2.05, 4.69) is 5.53 Å². The Bertz CT molecular complexity index is 127. The molecule has 1 saturated heterocycles. The molecule has 0 aliphatic carbocycles. The van der Waals surface area contributed by atoms with Crippen LogP contribution in [0.1, 0.15) is 0 Å². The summed E-state index contributed by atoms with van der Waals surface area (Å²) in [6, 6.07) is 0. The lowest BCUT2D eigenvalue weighted by Crippen LogP contribution is -3.12. The van der Waals surface area contributed by atoms with Crippen LogP contribution in [-0.4, -0.2) is 29.3 Å². The Hall–Kier alpha value is -0.690. The molecular formula is C3H7N3O3. The van der Waals surface area contributed by atoms with Gasteiger partial charge in [0.2, 0.25) is 0 Å². The van der Waals surface area contributed by atoms with E-state index < -0.39 is 6.73 Å². The van der Waals surface area contributed by atoms with Crippen molar-refractivity contribution in [3.05, 3.63) is 5.21 Å². The lowest BCUT2D eigenvalue weighted by atomic mass is 10.6. The number of quaternary nitrogens is 1. The Kier molecular flexibility index (Phi) is 1.63. The van der Waals surface area contributed by atoms with Gasteiger partial charge in [0.1, 0.15) is 6.73 Å². The average Bonchev–Trinajstić information content (AvgIpc) is 2.10. The van der Waals surface area contributed by atoms with E-state index >= 15 is 0 Å². The Morgan fingerprint density at radius 3 is 2.89 bits per heavy atom. The van der Waals surface area contributed by atoms with Crippen LogP contribution in [0.15, 0.2) is 0 Å². The van der Waals surface area contributed by atoms with Gasteiger partial charge in [-0.1, -0.05) is 5.53 Å². The predicted molar refractivity (Wildman–Crippen MR) is 26.3 cm³/mol. The van der Waals surface area contributed by atoms with Crippen LogP contribution < -0.4 is 10.7 Å². The van der Waals surface area contributed by atoms with E-state index in [1.165, 1.54) is 0 Å². The summed E-state index contributed by atoms with van der Waals surface area (Å²) in [7, 11) is 0. The van der Waals surface area contributed by atoms with Gasteiger partial charge in [-0.25, -0.2) is 5.01 Å². The van der Waals surface area contributed by atoms with E-state index in [0.717, 1.165) is 5.01 Å². The minimum Gasteiger partial charge on any atom is -0.611 e. The van der Waals surface area contributed by atoms with Crippen LogP contribution in [0.25, 0.3) is 0 Å². The summed E-state index contributed by atoms with van der Waals surface area (Å²) in [5, 5.41) is 19.2.